The molecule has 0 aromatic carbocycles. The fourth-order valence-electron chi connectivity index (χ4n) is 1.54. The predicted molar refractivity (Wildman–Crippen MR) is 66.2 cm³/mol. The molecule has 6 nitrogen and oxygen atoms in total. The summed E-state index contributed by atoms with van der Waals surface area (Å²) in [6.45, 7) is 3.70. The summed E-state index contributed by atoms with van der Waals surface area (Å²) in [6, 6.07) is 1.48. The van der Waals surface area contributed by atoms with E-state index in [1.807, 2.05) is 25.9 Å². The van der Waals surface area contributed by atoms with Crippen LogP contribution in [-0.4, -0.2) is 61.5 Å². The highest BCUT2D eigenvalue weighted by molar-refractivity contribution is 7.89. The molecule has 1 N–H and O–H groups in total. The Balaban J connectivity index is 2.67. The Morgan fingerprint density at radius 1 is 1.35 bits per heavy atom. The lowest BCUT2D eigenvalue weighted by Crippen LogP contribution is -2.33. The molecule has 0 aliphatic heterocycles. The molecule has 0 bridgehead atoms. The van der Waals surface area contributed by atoms with Crippen LogP contribution in [0.1, 0.15) is 13.3 Å². The summed E-state index contributed by atoms with van der Waals surface area (Å²) in [4.78, 5) is 2.04. The van der Waals surface area contributed by atoms with Gasteiger partial charge in [-0.05, 0) is 33.1 Å². The number of rotatable bonds is 7. The first-order valence-corrected chi connectivity index (χ1v) is 7.06. The van der Waals surface area contributed by atoms with Crippen LogP contribution in [0.3, 0.4) is 0 Å². The Morgan fingerprint density at radius 3 is 2.53 bits per heavy atom. The molecule has 0 aliphatic carbocycles. The molecule has 7 heteroatoms. The van der Waals surface area contributed by atoms with E-state index >= 15 is 0 Å². The van der Waals surface area contributed by atoms with Crippen molar-refractivity contribution in [3.63, 3.8) is 0 Å². The van der Waals surface area contributed by atoms with E-state index in [9.17, 15) is 8.42 Å². The van der Waals surface area contributed by atoms with Crippen LogP contribution in [0.5, 0.6) is 0 Å². The molecule has 0 aliphatic rings. The zero-order chi connectivity index (χ0) is 12.9. The molecule has 1 aromatic rings. The Bertz CT molecular complexity index is 414. The number of hydrogen-bond acceptors (Lipinski definition) is 4. The third-order valence-corrected chi connectivity index (χ3v) is 4.36. The largest absolute Gasteiger partial charge is 0.309 e. The molecule has 1 rings (SSSR count). The second-order valence-electron chi connectivity index (χ2n) is 4.07. The van der Waals surface area contributed by atoms with Crippen molar-refractivity contribution in [3.05, 3.63) is 12.3 Å². The van der Waals surface area contributed by atoms with E-state index < -0.39 is 10.0 Å². The summed E-state index contributed by atoms with van der Waals surface area (Å²) in [5.74, 6) is 0. The van der Waals surface area contributed by atoms with Crippen LogP contribution in [0.4, 0.5) is 0 Å². The highest BCUT2D eigenvalue weighted by atomic mass is 32.2. The van der Waals surface area contributed by atoms with Crippen LogP contribution in [0.2, 0.25) is 0 Å². The van der Waals surface area contributed by atoms with Crippen LogP contribution in [0, 0.1) is 0 Å². The van der Waals surface area contributed by atoms with Crippen LogP contribution in [0.25, 0.3) is 0 Å². The monoisotopic (exact) mass is 260 g/mol. The van der Waals surface area contributed by atoms with E-state index in [0.29, 0.717) is 13.1 Å². The molecule has 1 heterocycles. The summed E-state index contributed by atoms with van der Waals surface area (Å²) in [7, 11) is 0.535. The molecule has 1 aromatic heterocycles. The third-order valence-electron chi connectivity index (χ3n) is 2.46. The van der Waals surface area contributed by atoms with E-state index in [1.165, 1.54) is 16.6 Å². The average Bonchev–Trinajstić information content (AvgIpc) is 2.77. The first-order chi connectivity index (χ1) is 7.98. The van der Waals surface area contributed by atoms with Crippen molar-refractivity contribution in [1.29, 1.82) is 0 Å². The first kappa shape index (κ1) is 14.1. The molecule has 0 spiro atoms. The number of aromatic nitrogens is 2. The lowest BCUT2D eigenvalue weighted by Gasteiger charge is -2.20. The van der Waals surface area contributed by atoms with Crippen molar-refractivity contribution in [2.45, 2.75) is 18.4 Å². The van der Waals surface area contributed by atoms with Gasteiger partial charge in [0.1, 0.15) is 0 Å². The van der Waals surface area contributed by atoms with Crippen molar-refractivity contribution in [1.82, 2.24) is 19.4 Å². The maximum atomic E-state index is 12.1. The lowest BCUT2D eigenvalue weighted by molar-refractivity contribution is 0.355. The molecule has 0 fully saturated rings. The minimum Gasteiger partial charge on any atom is -0.309 e. The Morgan fingerprint density at radius 2 is 2.06 bits per heavy atom. The van der Waals surface area contributed by atoms with Gasteiger partial charge in [0, 0.05) is 13.1 Å². The average molecular weight is 260 g/mol. The topological polar surface area (TPSA) is 69.3 Å². The fraction of sp³-hybridized carbons (Fsp3) is 0.700. The minimum absolute atomic E-state index is 0.157. The highest BCUT2D eigenvalue weighted by Gasteiger charge is 2.23. The molecule has 0 amide bonds. The third kappa shape index (κ3) is 3.79. The molecular weight excluding hydrogens is 240 g/mol. The zero-order valence-electron chi connectivity index (χ0n) is 10.5. The van der Waals surface area contributed by atoms with Gasteiger partial charge in [0.05, 0.1) is 6.20 Å². The van der Waals surface area contributed by atoms with Gasteiger partial charge in [-0.3, -0.25) is 5.10 Å². The molecular formula is C10H20N4O2S. The van der Waals surface area contributed by atoms with Gasteiger partial charge >= 0.3 is 0 Å². The van der Waals surface area contributed by atoms with Crippen LogP contribution in [-0.2, 0) is 10.0 Å². The molecule has 0 saturated carbocycles. The number of aromatic amines is 1. The molecule has 0 atom stereocenters. The van der Waals surface area contributed by atoms with Gasteiger partial charge < -0.3 is 4.90 Å². The number of H-pyrrole nitrogens is 1. The molecule has 17 heavy (non-hydrogen) atoms. The van der Waals surface area contributed by atoms with Gasteiger partial charge in [0.15, 0.2) is 5.03 Å². The van der Waals surface area contributed by atoms with Gasteiger partial charge in [-0.15, -0.1) is 0 Å². The lowest BCUT2D eigenvalue weighted by atomic mass is 10.4. The quantitative estimate of drug-likeness (QED) is 0.769. The van der Waals surface area contributed by atoms with Crippen molar-refractivity contribution in [2.75, 3.05) is 33.7 Å². The molecule has 0 saturated heterocycles. The first-order valence-electron chi connectivity index (χ1n) is 5.62. The fourth-order valence-corrected chi connectivity index (χ4v) is 2.93. The number of sulfonamides is 1. The predicted octanol–water partition coefficient (Wildman–Crippen LogP) is 0.372. The van der Waals surface area contributed by atoms with E-state index in [0.717, 1.165) is 13.0 Å². The zero-order valence-corrected chi connectivity index (χ0v) is 11.4. The molecule has 98 valence electrons. The van der Waals surface area contributed by atoms with E-state index in [2.05, 4.69) is 10.2 Å². The summed E-state index contributed by atoms with van der Waals surface area (Å²) in [5.41, 5.74) is 0. The molecule has 0 unspecified atom stereocenters. The second-order valence-corrected chi connectivity index (χ2v) is 5.98. The number of nitrogens with zero attached hydrogens (tertiary/aromatic N) is 3. The number of nitrogens with one attached hydrogen (secondary N) is 1. The van der Waals surface area contributed by atoms with Crippen molar-refractivity contribution >= 4 is 10.0 Å². The number of hydrogen-bond donors (Lipinski definition) is 1. The summed E-state index contributed by atoms with van der Waals surface area (Å²) >= 11 is 0. The highest BCUT2D eigenvalue weighted by Crippen LogP contribution is 2.12. The molecule has 0 radical (unpaired) electrons. The minimum atomic E-state index is -3.41. The van der Waals surface area contributed by atoms with Gasteiger partial charge in [0.2, 0.25) is 0 Å². The van der Waals surface area contributed by atoms with E-state index in [-0.39, 0.29) is 5.03 Å². The van der Waals surface area contributed by atoms with Crippen molar-refractivity contribution in [2.24, 2.45) is 0 Å². The summed E-state index contributed by atoms with van der Waals surface area (Å²) in [6.07, 6.45) is 2.26. The standard InChI is InChI=1S/C10H20N4O2S/c1-4-14(9-5-8-13(2)3)17(15,16)10-6-7-11-12-10/h6-7H,4-5,8-9H2,1-3H3,(H,11,12). The van der Waals surface area contributed by atoms with Gasteiger partial charge in [-0.2, -0.15) is 9.40 Å². The van der Waals surface area contributed by atoms with Crippen LogP contribution < -0.4 is 0 Å². The van der Waals surface area contributed by atoms with Crippen molar-refractivity contribution < 1.29 is 8.42 Å². The van der Waals surface area contributed by atoms with E-state index in [1.54, 1.807) is 0 Å². The Kier molecular flexibility index (Phi) is 5.10. The van der Waals surface area contributed by atoms with Crippen LogP contribution in [0.15, 0.2) is 17.3 Å². The van der Waals surface area contributed by atoms with Crippen LogP contribution >= 0.6 is 0 Å². The summed E-state index contributed by atoms with van der Waals surface area (Å²) in [5, 5.41) is 6.33. The Labute approximate surface area is 103 Å². The van der Waals surface area contributed by atoms with Gasteiger partial charge in [0.25, 0.3) is 10.0 Å². The normalized spacial score (nSPS) is 12.5. The van der Waals surface area contributed by atoms with E-state index in [4.69, 9.17) is 0 Å². The maximum absolute atomic E-state index is 12.1. The smallest absolute Gasteiger partial charge is 0.259 e. The maximum Gasteiger partial charge on any atom is 0.259 e. The van der Waals surface area contributed by atoms with Gasteiger partial charge in [-0.25, -0.2) is 8.42 Å². The summed E-state index contributed by atoms with van der Waals surface area (Å²) < 4.78 is 25.7. The van der Waals surface area contributed by atoms with Gasteiger partial charge in [-0.1, -0.05) is 6.92 Å². The second kappa shape index (κ2) is 6.13. The van der Waals surface area contributed by atoms with Crippen molar-refractivity contribution in [3.8, 4) is 0 Å². The SMILES string of the molecule is CCN(CCCN(C)C)S(=O)(=O)c1ccn[nH]1. The Hall–Kier alpha value is -0.920.